The molecule has 0 amide bonds. The molecule has 0 radical (unpaired) electrons. The number of aryl methyl sites for hydroxylation is 1. The molecule has 0 bridgehead atoms. The zero-order valence-electron chi connectivity index (χ0n) is 10.6. The Kier molecular flexibility index (Phi) is 6.75. The van der Waals surface area contributed by atoms with E-state index in [9.17, 15) is 8.42 Å². The van der Waals surface area contributed by atoms with Gasteiger partial charge in [0.1, 0.15) is 4.21 Å². The summed E-state index contributed by atoms with van der Waals surface area (Å²) in [6.45, 7) is 4.35. The van der Waals surface area contributed by atoms with Gasteiger partial charge in [0.25, 0.3) is 0 Å². The number of rotatable bonds is 4. The van der Waals surface area contributed by atoms with E-state index < -0.39 is 10.0 Å². The van der Waals surface area contributed by atoms with E-state index in [0.717, 1.165) is 35.3 Å². The second-order valence-electron chi connectivity index (χ2n) is 4.59. The first-order chi connectivity index (χ1) is 8.49. The Balaban J connectivity index is 0.00000180. The lowest BCUT2D eigenvalue weighted by atomic mass is 10.0. The normalized spacial score (nSPS) is 20.0. The van der Waals surface area contributed by atoms with Gasteiger partial charge in [0.15, 0.2) is 0 Å². The van der Waals surface area contributed by atoms with E-state index in [1.54, 1.807) is 6.07 Å². The molecule has 2 rings (SSSR count). The van der Waals surface area contributed by atoms with Gasteiger partial charge in [-0.1, -0.05) is 0 Å². The highest BCUT2D eigenvalue weighted by atomic mass is 79.9. The molecule has 1 aromatic rings. The zero-order valence-corrected chi connectivity index (χ0v) is 14.6. The van der Waals surface area contributed by atoms with E-state index >= 15 is 0 Å². The molecule has 1 aliphatic rings. The monoisotopic (exact) mass is 388 g/mol. The molecule has 19 heavy (non-hydrogen) atoms. The van der Waals surface area contributed by atoms with Crippen molar-refractivity contribution in [2.24, 2.45) is 5.92 Å². The highest BCUT2D eigenvalue weighted by molar-refractivity contribution is 9.11. The van der Waals surface area contributed by atoms with Gasteiger partial charge >= 0.3 is 0 Å². The summed E-state index contributed by atoms with van der Waals surface area (Å²) in [5.74, 6) is 0.401. The predicted molar refractivity (Wildman–Crippen MR) is 84.8 cm³/mol. The van der Waals surface area contributed by atoms with Crippen LogP contribution in [0.2, 0.25) is 0 Å². The van der Waals surface area contributed by atoms with Gasteiger partial charge in [0.05, 0.1) is 3.79 Å². The lowest BCUT2D eigenvalue weighted by Crippen LogP contribution is -2.37. The van der Waals surface area contributed by atoms with Crippen LogP contribution >= 0.6 is 39.7 Å². The summed E-state index contributed by atoms with van der Waals surface area (Å²) >= 11 is 4.61. The molecule has 0 aliphatic carbocycles. The molecule has 1 aromatic heterocycles. The van der Waals surface area contributed by atoms with Crippen molar-refractivity contribution < 1.29 is 8.42 Å². The molecule has 2 heterocycles. The number of hydrogen-bond acceptors (Lipinski definition) is 4. The quantitative estimate of drug-likeness (QED) is 0.832. The topological polar surface area (TPSA) is 58.2 Å². The Morgan fingerprint density at radius 2 is 2.32 bits per heavy atom. The van der Waals surface area contributed by atoms with E-state index in [0.29, 0.717) is 16.7 Å². The maximum atomic E-state index is 12.1. The third kappa shape index (κ3) is 4.68. The summed E-state index contributed by atoms with van der Waals surface area (Å²) in [6.07, 6.45) is 2.21. The number of sulfonamides is 1. The Hall–Kier alpha value is 0.340. The van der Waals surface area contributed by atoms with Gasteiger partial charge in [0, 0.05) is 6.54 Å². The van der Waals surface area contributed by atoms with Crippen molar-refractivity contribution in [1.82, 2.24) is 10.0 Å². The standard InChI is InChI=1S/C11H17BrN2O2S2.ClH/c1-8-5-10(17-11(8)12)18(15,16)14-7-9-3-2-4-13-6-9;/h5,9,13-14H,2-4,6-7H2,1H3;1H. The van der Waals surface area contributed by atoms with E-state index in [1.165, 1.54) is 11.3 Å². The van der Waals surface area contributed by atoms with Crippen LogP contribution in [-0.4, -0.2) is 28.1 Å². The molecule has 8 heteroatoms. The Morgan fingerprint density at radius 3 is 2.84 bits per heavy atom. The molecule has 0 aromatic carbocycles. The van der Waals surface area contributed by atoms with Crippen LogP contribution < -0.4 is 10.0 Å². The largest absolute Gasteiger partial charge is 0.316 e. The number of piperidine rings is 1. The smallest absolute Gasteiger partial charge is 0.250 e. The van der Waals surface area contributed by atoms with Crippen molar-refractivity contribution in [1.29, 1.82) is 0 Å². The van der Waals surface area contributed by atoms with Crippen molar-refractivity contribution in [2.75, 3.05) is 19.6 Å². The van der Waals surface area contributed by atoms with Crippen LogP contribution in [0.4, 0.5) is 0 Å². The number of nitrogens with one attached hydrogen (secondary N) is 2. The fraction of sp³-hybridized carbons (Fsp3) is 0.636. The first kappa shape index (κ1) is 17.4. The van der Waals surface area contributed by atoms with Crippen LogP contribution in [0.15, 0.2) is 14.1 Å². The molecule has 1 saturated heterocycles. The Labute approximate surface area is 133 Å². The lowest BCUT2D eigenvalue weighted by Gasteiger charge is -2.22. The van der Waals surface area contributed by atoms with Crippen molar-refractivity contribution in [2.45, 2.75) is 24.0 Å². The predicted octanol–water partition coefficient (Wildman–Crippen LogP) is 2.52. The zero-order chi connectivity index (χ0) is 13.2. The maximum absolute atomic E-state index is 12.1. The maximum Gasteiger partial charge on any atom is 0.250 e. The van der Waals surface area contributed by atoms with Crippen molar-refractivity contribution in [3.8, 4) is 0 Å². The number of thiophene rings is 1. The van der Waals surface area contributed by atoms with Crippen molar-refractivity contribution >= 4 is 49.7 Å². The van der Waals surface area contributed by atoms with E-state index in [4.69, 9.17) is 0 Å². The van der Waals surface area contributed by atoms with Crippen molar-refractivity contribution in [3.63, 3.8) is 0 Å². The van der Waals surface area contributed by atoms with Gasteiger partial charge < -0.3 is 5.32 Å². The van der Waals surface area contributed by atoms with Crippen LogP contribution in [-0.2, 0) is 10.0 Å². The van der Waals surface area contributed by atoms with Gasteiger partial charge in [0.2, 0.25) is 10.0 Å². The van der Waals surface area contributed by atoms with Gasteiger partial charge in [-0.15, -0.1) is 23.7 Å². The average molecular weight is 390 g/mol. The summed E-state index contributed by atoms with van der Waals surface area (Å²) < 4.78 is 28.2. The molecule has 0 spiro atoms. The first-order valence-electron chi connectivity index (χ1n) is 5.95. The summed E-state index contributed by atoms with van der Waals surface area (Å²) in [6, 6.07) is 1.70. The second-order valence-corrected chi connectivity index (χ2v) is 8.95. The van der Waals surface area contributed by atoms with Crippen molar-refractivity contribution in [3.05, 3.63) is 15.4 Å². The highest BCUT2D eigenvalue weighted by Gasteiger charge is 2.20. The minimum Gasteiger partial charge on any atom is -0.316 e. The molecule has 1 aliphatic heterocycles. The number of hydrogen-bond donors (Lipinski definition) is 2. The summed E-state index contributed by atoms with van der Waals surface area (Å²) in [5, 5.41) is 3.28. The molecular formula is C11H18BrClN2O2S2. The van der Waals surface area contributed by atoms with Crippen LogP contribution in [0.5, 0.6) is 0 Å². The third-order valence-corrected chi connectivity index (χ3v) is 7.09. The molecule has 1 fully saturated rings. The third-order valence-electron chi connectivity index (χ3n) is 3.06. The molecule has 2 N–H and O–H groups in total. The summed E-state index contributed by atoms with van der Waals surface area (Å²) in [4.78, 5) is 0. The van der Waals surface area contributed by atoms with Gasteiger partial charge in [-0.25, -0.2) is 13.1 Å². The molecule has 4 nitrogen and oxygen atoms in total. The lowest BCUT2D eigenvalue weighted by molar-refractivity contribution is 0.376. The minimum atomic E-state index is -3.35. The van der Waals surface area contributed by atoms with E-state index in [1.807, 2.05) is 6.92 Å². The van der Waals surface area contributed by atoms with Crippen LogP contribution in [0, 0.1) is 12.8 Å². The fourth-order valence-corrected chi connectivity index (χ4v) is 5.35. The average Bonchev–Trinajstić information content (AvgIpc) is 2.70. The fourth-order valence-electron chi connectivity index (χ4n) is 1.96. The van der Waals surface area contributed by atoms with Gasteiger partial charge in [-0.05, 0) is 66.3 Å². The summed E-state index contributed by atoms with van der Waals surface area (Å²) in [7, 11) is -3.35. The van der Waals surface area contributed by atoms with E-state index in [2.05, 4.69) is 26.0 Å². The van der Waals surface area contributed by atoms with Crippen LogP contribution in [0.25, 0.3) is 0 Å². The summed E-state index contributed by atoms with van der Waals surface area (Å²) in [5.41, 5.74) is 0.958. The molecule has 0 saturated carbocycles. The molecule has 110 valence electrons. The van der Waals surface area contributed by atoms with Gasteiger partial charge in [-0.2, -0.15) is 0 Å². The molecule has 1 unspecified atom stereocenters. The SMILES string of the molecule is Cc1cc(S(=O)(=O)NCC2CCCNC2)sc1Br.Cl. The van der Waals surface area contributed by atoms with Crippen LogP contribution in [0.3, 0.4) is 0 Å². The second kappa shape index (κ2) is 7.38. The number of halogens is 2. The highest BCUT2D eigenvalue weighted by Crippen LogP contribution is 2.30. The van der Waals surface area contributed by atoms with E-state index in [-0.39, 0.29) is 12.4 Å². The Bertz CT molecular complexity index is 493. The molecular weight excluding hydrogens is 372 g/mol. The Morgan fingerprint density at radius 1 is 1.58 bits per heavy atom. The first-order valence-corrected chi connectivity index (χ1v) is 9.04. The van der Waals surface area contributed by atoms with Crippen LogP contribution in [0.1, 0.15) is 18.4 Å². The minimum absolute atomic E-state index is 0. The van der Waals surface area contributed by atoms with Gasteiger partial charge in [-0.3, -0.25) is 0 Å². The molecule has 1 atom stereocenters.